The van der Waals surface area contributed by atoms with E-state index in [1.165, 1.54) is 5.56 Å². The molecule has 0 aromatic heterocycles. The van der Waals surface area contributed by atoms with Crippen molar-refractivity contribution >= 4 is 43.5 Å². The maximum atomic E-state index is 6.28. The molecule has 0 amide bonds. The average Bonchev–Trinajstić information content (AvgIpc) is 2.31. The van der Waals surface area contributed by atoms with Crippen molar-refractivity contribution in [1.82, 2.24) is 0 Å². The highest BCUT2D eigenvalue weighted by molar-refractivity contribution is 9.10. The van der Waals surface area contributed by atoms with E-state index in [1.54, 1.807) is 0 Å². The van der Waals surface area contributed by atoms with E-state index in [4.69, 9.17) is 17.3 Å². The zero-order chi connectivity index (χ0) is 14.0. The first-order valence-corrected chi connectivity index (χ1v) is 7.88. The summed E-state index contributed by atoms with van der Waals surface area (Å²) < 4.78 is 2.04. The Hall–Kier alpha value is -0.350. The molecular formula is C15H14Br2ClN. The van der Waals surface area contributed by atoms with Crippen LogP contribution >= 0.6 is 43.5 Å². The smallest absolute Gasteiger partial charge is 0.0449 e. The first kappa shape index (κ1) is 15.0. The molecule has 100 valence electrons. The molecule has 0 aliphatic heterocycles. The summed E-state index contributed by atoms with van der Waals surface area (Å²) in [5, 5.41) is 0.747. The van der Waals surface area contributed by atoms with Crippen molar-refractivity contribution in [3.8, 4) is 0 Å². The normalized spacial score (nSPS) is 12.5. The molecule has 2 aromatic carbocycles. The van der Waals surface area contributed by atoms with Crippen molar-refractivity contribution in [2.75, 3.05) is 0 Å². The number of rotatable bonds is 3. The van der Waals surface area contributed by atoms with Gasteiger partial charge in [-0.2, -0.15) is 0 Å². The molecule has 19 heavy (non-hydrogen) atoms. The monoisotopic (exact) mass is 401 g/mol. The summed E-state index contributed by atoms with van der Waals surface area (Å²) in [6.07, 6.45) is 0.724. The summed E-state index contributed by atoms with van der Waals surface area (Å²) in [5.74, 6) is 0. The highest BCUT2D eigenvalue weighted by Gasteiger charge is 2.11. The van der Waals surface area contributed by atoms with Crippen LogP contribution in [0.4, 0.5) is 0 Å². The molecule has 2 N–H and O–H groups in total. The Bertz CT molecular complexity index is 578. The van der Waals surface area contributed by atoms with Gasteiger partial charge in [-0.05, 0) is 54.3 Å². The van der Waals surface area contributed by atoms with Crippen LogP contribution in [-0.4, -0.2) is 0 Å². The largest absolute Gasteiger partial charge is 0.324 e. The third-order valence-corrected chi connectivity index (χ3v) is 4.25. The van der Waals surface area contributed by atoms with Crippen LogP contribution in [0.15, 0.2) is 45.3 Å². The molecule has 1 nitrogen and oxygen atoms in total. The van der Waals surface area contributed by atoms with E-state index in [0.717, 1.165) is 31.5 Å². The highest BCUT2D eigenvalue weighted by Crippen LogP contribution is 2.27. The second-order valence-electron chi connectivity index (χ2n) is 4.61. The second-order valence-corrected chi connectivity index (χ2v) is 6.85. The number of aryl methyl sites for hydroxylation is 1. The van der Waals surface area contributed by atoms with Crippen LogP contribution in [0.1, 0.15) is 22.7 Å². The molecule has 1 unspecified atom stereocenters. The van der Waals surface area contributed by atoms with E-state index < -0.39 is 0 Å². The Kier molecular flexibility index (Phi) is 5.07. The lowest BCUT2D eigenvalue weighted by atomic mass is 9.98. The van der Waals surface area contributed by atoms with Gasteiger partial charge in [0, 0.05) is 20.0 Å². The molecule has 2 rings (SSSR count). The van der Waals surface area contributed by atoms with Crippen LogP contribution in [-0.2, 0) is 6.42 Å². The Morgan fingerprint density at radius 2 is 1.84 bits per heavy atom. The summed E-state index contributed by atoms with van der Waals surface area (Å²) in [6.45, 7) is 2.06. The lowest BCUT2D eigenvalue weighted by Crippen LogP contribution is -2.13. The van der Waals surface area contributed by atoms with E-state index in [2.05, 4.69) is 57.0 Å². The Morgan fingerprint density at radius 1 is 1.11 bits per heavy atom. The zero-order valence-corrected chi connectivity index (χ0v) is 14.4. The van der Waals surface area contributed by atoms with Gasteiger partial charge in [-0.3, -0.25) is 0 Å². The average molecular weight is 404 g/mol. The summed E-state index contributed by atoms with van der Waals surface area (Å²) in [7, 11) is 0. The predicted octanol–water partition coefficient (Wildman–Crippen LogP) is 5.42. The van der Waals surface area contributed by atoms with Gasteiger partial charge >= 0.3 is 0 Å². The number of halogens is 3. The van der Waals surface area contributed by atoms with Gasteiger partial charge in [-0.25, -0.2) is 0 Å². The lowest BCUT2D eigenvalue weighted by Gasteiger charge is -2.14. The summed E-state index contributed by atoms with van der Waals surface area (Å²) >= 11 is 13.1. The molecule has 4 heteroatoms. The quantitative estimate of drug-likeness (QED) is 0.728. The van der Waals surface area contributed by atoms with Gasteiger partial charge in [0.15, 0.2) is 0 Å². The van der Waals surface area contributed by atoms with Crippen molar-refractivity contribution in [3.63, 3.8) is 0 Å². The van der Waals surface area contributed by atoms with Gasteiger partial charge in [0.2, 0.25) is 0 Å². The number of nitrogens with two attached hydrogens (primary N) is 1. The Balaban J connectivity index is 2.22. The van der Waals surface area contributed by atoms with Crippen molar-refractivity contribution < 1.29 is 0 Å². The second kappa shape index (κ2) is 6.40. The fourth-order valence-electron chi connectivity index (χ4n) is 2.02. The van der Waals surface area contributed by atoms with Gasteiger partial charge in [0.05, 0.1) is 0 Å². The molecule has 0 saturated heterocycles. The maximum Gasteiger partial charge on any atom is 0.0449 e. The third kappa shape index (κ3) is 4.06. The number of hydrogen-bond acceptors (Lipinski definition) is 1. The molecule has 0 radical (unpaired) electrons. The molecule has 1 atom stereocenters. The predicted molar refractivity (Wildman–Crippen MR) is 88.7 cm³/mol. The molecule has 0 aliphatic carbocycles. The minimum atomic E-state index is -0.0603. The lowest BCUT2D eigenvalue weighted by molar-refractivity contribution is 0.720. The summed E-state index contributed by atoms with van der Waals surface area (Å²) in [6, 6.07) is 12.1. The Morgan fingerprint density at radius 3 is 2.47 bits per heavy atom. The van der Waals surface area contributed by atoms with Crippen LogP contribution in [0.2, 0.25) is 5.02 Å². The van der Waals surface area contributed by atoms with Gasteiger partial charge in [0.25, 0.3) is 0 Å². The molecular weight excluding hydrogens is 389 g/mol. The molecule has 2 aromatic rings. The van der Waals surface area contributed by atoms with Crippen molar-refractivity contribution in [2.45, 2.75) is 19.4 Å². The summed E-state index contributed by atoms with van der Waals surface area (Å²) in [4.78, 5) is 0. The molecule has 0 spiro atoms. The van der Waals surface area contributed by atoms with E-state index in [9.17, 15) is 0 Å². The van der Waals surface area contributed by atoms with Crippen LogP contribution < -0.4 is 5.73 Å². The van der Waals surface area contributed by atoms with Gasteiger partial charge in [-0.1, -0.05) is 55.6 Å². The van der Waals surface area contributed by atoms with Crippen LogP contribution in [0.5, 0.6) is 0 Å². The minimum Gasteiger partial charge on any atom is -0.324 e. The van der Waals surface area contributed by atoms with E-state index in [-0.39, 0.29) is 6.04 Å². The van der Waals surface area contributed by atoms with E-state index in [1.807, 2.05) is 18.2 Å². The Labute approximate surface area is 135 Å². The van der Waals surface area contributed by atoms with E-state index in [0.29, 0.717) is 0 Å². The fourth-order valence-corrected chi connectivity index (χ4v) is 3.40. The summed E-state index contributed by atoms with van der Waals surface area (Å²) in [5.41, 5.74) is 9.66. The molecule has 0 aliphatic rings. The standard InChI is InChI=1S/C15H14Br2ClN/c1-9-4-11(6-13(17)5-9)15(19)7-10-2-3-12(16)8-14(10)18/h2-6,8,15H,7,19H2,1H3. The molecule has 0 saturated carbocycles. The van der Waals surface area contributed by atoms with Crippen LogP contribution in [0, 0.1) is 6.92 Å². The number of benzene rings is 2. The number of hydrogen-bond donors (Lipinski definition) is 1. The fraction of sp³-hybridized carbons (Fsp3) is 0.200. The van der Waals surface area contributed by atoms with Gasteiger partial charge in [-0.15, -0.1) is 0 Å². The molecule has 0 fully saturated rings. The van der Waals surface area contributed by atoms with Crippen LogP contribution in [0.25, 0.3) is 0 Å². The highest BCUT2D eigenvalue weighted by atomic mass is 79.9. The molecule has 0 bridgehead atoms. The van der Waals surface area contributed by atoms with Gasteiger partial charge < -0.3 is 5.73 Å². The third-order valence-electron chi connectivity index (χ3n) is 2.95. The maximum absolute atomic E-state index is 6.28. The first-order valence-electron chi connectivity index (χ1n) is 5.92. The van der Waals surface area contributed by atoms with Gasteiger partial charge in [0.1, 0.15) is 0 Å². The van der Waals surface area contributed by atoms with Crippen molar-refractivity contribution in [2.24, 2.45) is 5.73 Å². The van der Waals surface area contributed by atoms with E-state index >= 15 is 0 Å². The van der Waals surface area contributed by atoms with Crippen molar-refractivity contribution in [3.05, 3.63) is 67.1 Å². The zero-order valence-electron chi connectivity index (χ0n) is 10.5. The topological polar surface area (TPSA) is 26.0 Å². The molecule has 0 heterocycles. The SMILES string of the molecule is Cc1cc(Br)cc(C(N)Cc2ccc(Br)cc2Cl)c1. The van der Waals surface area contributed by atoms with Crippen molar-refractivity contribution in [1.29, 1.82) is 0 Å². The first-order chi connectivity index (χ1) is 8.95. The van der Waals surface area contributed by atoms with Crippen LogP contribution in [0.3, 0.4) is 0 Å². The minimum absolute atomic E-state index is 0.0603.